The number of nitrogens with zero attached hydrogens (tertiary/aromatic N) is 1. The summed E-state index contributed by atoms with van der Waals surface area (Å²) in [4.78, 5) is 4.00. The van der Waals surface area contributed by atoms with E-state index in [2.05, 4.69) is 65.7 Å². The number of aliphatic imine (C=N–C) groups is 1. The van der Waals surface area contributed by atoms with Crippen molar-refractivity contribution in [2.45, 2.75) is 51.4 Å². The van der Waals surface area contributed by atoms with Gasteiger partial charge in [-0.15, -0.1) is 0 Å². The Kier molecular flexibility index (Phi) is 5.96. The molecule has 1 saturated carbocycles. The molecule has 1 fully saturated rings. The van der Waals surface area contributed by atoms with Crippen molar-refractivity contribution >= 4 is 23.1 Å². The molecule has 0 bridgehead atoms. The average Bonchev–Trinajstić information content (AvgIpc) is 2.64. The molecule has 1 aliphatic rings. The minimum atomic E-state index is 0.756. The smallest absolute Gasteiger partial charge is 0.0739 e. The molecule has 2 heteroatoms. The SMILES string of the molecule is CCC[C@H]1CC[C@H](c2ccc(-c3ccc(N=C=S)cc3)cc2)CC1. The van der Waals surface area contributed by atoms with Crippen LogP contribution in [0.5, 0.6) is 0 Å². The summed E-state index contributed by atoms with van der Waals surface area (Å²) >= 11 is 4.64. The lowest BCUT2D eigenvalue weighted by atomic mass is 9.77. The van der Waals surface area contributed by atoms with E-state index >= 15 is 0 Å². The molecule has 0 spiro atoms. The summed E-state index contributed by atoms with van der Waals surface area (Å²) in [5, 5.41) is 2.41. The zero-order chi connectivity index (χ0) is 16.8. The van der Waals surface area contributed by atoms with Crippen LogP contribution in [0.2, 0.25) is 0 Å². The monoisotopic (exact) mass is 335 g/mol. The van der Waals surface area contributed by atoms with Gasteiger partial charge in [0.15, 0.2) is 0 Å². The van der Waals surface area contributed by atoms with Crippen LogP contribution in [0.25, 0.3) is 11.1 Å². The number of isothiocyanates is 1. The third-order valence-corrected chi connectivity index (χ3v) is 5.39. The van der Waals surface area contributed by atoms with E-state index in [0.29, 0.717) is 0 Å². The first-order valence-corrected chi connectivity index (χ1v) is 9.49. The van der Waals surface area contributed by atoms with Gasteiger partial charge in [-0.05, 0) is 78.6 Å². The molecule has 2 aromatic carbocycles. The third kappa shape index (κ3) is 4.20. The quantitative estimate of drug-likeness (QED) is 0.417. The number of benzene rings is 2. The number of hydrogen-bond donors (Lipinski definition) is 0. The predicted molar refractivity (Wildman–Crippen MR) is 106 cm³/mol. The normalized spacial score (nSPS) is 20.4. The zero-order valence-electron chi connectivity index (χ0n) is 14.4. The topological polar surface area (TPSA) is 12.4 Å². The van der Waals surface area contributed by atoms with Crippen molar-refractivity contribution in [1.29, 1.82) is 0 Å². The van der Waals surface area contributed by atoms with Crippen LogP contribution >= 0.6 is 12.2 Å². The Bertz CT molecular complexity index is 688. The highest BCUT2D eigenvalue weighted by Gasteiger charge is 2.21. The van der Waals surface area contributed by atoms with Gasteiger partial charge in [0.1, 0.15) is 0 Å². The molecule has 24 heavy (non-hydrogen) atoms. The maximum absolute atomic E-state index is 4.64. The Hall–Kier alpha value is -1.76. The molecular weight excluding hydrogens is 310 g/mol. The fourth-order valence-electron chi connectivity index (χ4n) is 3.92. The second-order valence-corrected chi connectivity index (χ2v) is 7.06. The highest BCUT2D eigenvalue weighted by atomic mass is 32.1. The van der Waals surface area contributed by atoms with E-state index in [1.165, 1.54) is 55.2 Å². The van der Waals surface area contributed by atoms with Gasteiger partial charge < -0.3 is 0 Å². The van der Waals surface area contributed by atoms with Crippen LogP contribution in [0.4, 0.5) is 5.69 Å². The molecule has 0 unspecified atom stereocenters. The minimum Gasteiger partial charge on any atom is -0.195 e. The molecule has 3 rings (SSSR count). The Morgan fingerprint density at radius 3 is 2.04 bits per heavy atom. The lowest BCUT2D eigenvalue weighted by molar-refractivity contribution is 0.308. The molecule has 0 aromatic heterocycles. The van der Waals surface area contributed by atoms with Gasteiger partial charge in [-0.2, -0.15) is 4.99 Å². The largest absolute Gasteiger partial charge is 0.195 e. The van der Waals surface area contributed by atoms with Crippen molar-refractivity contribution in [2.24, 2.45) is 10.9 Å². The molecule has 0 heterocycles. The van der Waals surface area contributed by atoms with Crippen molar-refractivity contribution in [2.75, 3.05) is 0 Å². The highest BCUT2D eigenvalue weighted by molar-refractivity contribution is 7.78. The van der Waals surface area contributed by atoms with E-state index in [-0.39, 0.29) is 0 Å². The molecular formula is C22H25NS. The van der Waals surface area contributed by atoms with Gasteiger partial charge in [0.25, 0.3) is 0 Å². The van der Waals surface area contributed by atoms with Crippen molar-refractivity contribution in [3.05, 3.63) is 54.1 Å². The summed E-state index contributed by atoms with van der Waals surface area (Å²) in [6.07, 6.45) is 8.26. The standard InChI is InChI=1S/C22H25NS/c1-2-3-17-4-6-18(7-5-17)19-8-10-20(11-9-19)21-12-14-22(15-13-21)23-16-24/h8-15,17-18H,2-7H2,1H3/t17-,18-. The highest BCUT2D eigenvalue weighted by Crippen LogP contribution is 2.38. The minimum absolute atomic E-state index is 0.756. The van der Waals surface area contributed by atoms with Gasteiger partial charge in [0, 0.05) is 0 Å². The van der Waals surface area contributed by atoms with Gasteiger partial charge in [0.05, 0.1) is 10.8 Å². The van der Waals surface area contributed by atoms with Gasteiger partial charge >= 0.3 is 0 Å². The Morgan fingerprint density at radius 1 is 0.917 bits per heavy atom. The molecule has 1 nitrogen and oxygen atoms in total. The van der Waals surface area contributed by atoms with E-state index in [4.69, 9.17) is 0 Å². The Balaban J connectivity index is 1.66. The Labute approximate surface area is 150 Å². The molecule has 0 atom stereocenters. The van der Waals surface area contributed by atoms with E-state index in [1.54, 1.807) is 0 Å². The first-order chi connectivity index (χ1) is 11.8. The van der Waals surface area contributed by atoms with E-state index in [9.17, 15) is 0 Å². The van der Waals surface area contributed by atoms with Gasteiger partial charge in [-0.3, -0.25) is 0 Å². The lowest BCUT2D eigenvalue weighted by Crippen LogP contribution is -2.13. The summed E-state index contributed by atoms with van der Waals surface area (Å²) in [5.41, 5.74) is 4.85. The molecule has 0 saturated heterocycles. The predicted octanol–water partition coefficient (Wildman–Crippen LogP) is 7.16. The lowest BCUT2D eigenvalue weighted by Gasteiger charge is -2.28. The van der Waals surface area contributed by atoms with Crippen LogP contribution in [-0.2, 0) is 0 Å². The van der Waals surface area contributed by atoms with Crippen molar-refractivity contribution in [3.63, 3.8) is 0 Å². The molecule has 2 aromatic rings. The average molecular weight is 336 g/mol. The van der Waals surface area contributed by atoms with Crippen molar-refractivity contribution in [1.82, 2.24) is 0 Å². The summed E-state index contributed by atoms with van der Waals surface area (Å²) in [6.45, 7) is 2.30. The van der Waals surface area contributed by atoms with E-state index in [0.717, 1.165) is 17.5 Å². The molecule has 0 aliphatic heterocycles. The van der Waals surface area contributed by atoms with Crippen LogP contribution in [0.1, 0.15) is 56.9 Å². The summed E-state index contributed by atoms with van der Waals surface area (Å²) in [7, 11) is 0. The summed E-state index contributed by atoms with van der Waals surface area (Å²) < 4.78 is 0. The molecule has 0 radical (unpaired) electrons. The maximum atomic E-state index is 4.64. The fourth-order valence-corrected chi connectivity index (χ4v) is 4.03. The van der Waals surface area contributed by atoms with Crippen LogP contribution < -0.4 is 0 Å². The number of thiocarbonyl (C=S) groups is 1. The van der Waals surface area contributed by atoms with E-state index < -0.39 is 0 Å². The molecule has 0 amide bonds. The summed E-state index contributed by atoms with van der Waals surface area (Å²) in [6, 6.07) is 17.3. The molecule has 1 aliphatic carbocycles. The fraction of sp³-hybridized carbons (Fsp3) is 0.409. The maximum Gasteiger partial charge on any atom is 0.0739 e. The van der Waals surface area contributed by atoms with Crippen LogP contribution in [-0.4, -0.2) is 5.16 Å². The van der Waals surface area contributed by atoms with Crippen LogP contribution in [0.15, 0.2) is 53.5 Å². The third-order valence-electron chi connectivity index (χ3n) is 5.30. The summed E-state index contributed by atoms with van der Waals surface area (Å²) in [5.74, 6) is 1.73. The van der Waals surface area contributed by atoms with Gasteiger partial charge in [0.2, 0.25) is 0 Å². The second-order valence-electron chi connectivity index (χ2n) is 6.88. The van der Waals surface area contributed by atoms with E-state index in [1.807, 2.05) is 12.1 Å². The zero-order valence-corrected chi connectivity index (χ0v) is 15.2. The number of hydrogen-bond acceptors (Lipinski definition) is 2. The second kappa shape index (κ2) is 8.37. The Morgan fingerprint density at radius 2 is 1.50 bits per heavy atom. The van der Waals surface area contributed by atoms with Crippen LogP contribution in [0.3, 0.4) is 0 Å². The van der Waals surface area contributed by atoms with Gasteiger partial charge in [-0.25, -0.2) is 0 Å². The number of rotatable bonds is 5. The van der Waals surface area contributed by atoms with Crippen molar-refractivity contribution < 1.29 is 0 Å². The molecule has 124 valence electrons. The first kappa shape index (κ1) is 17.1. The van der Waals surface area contributed by atoms with Crippen molar-refractivity contribution in [3.8, 4) is 11.1 Å². The van der Waals surface area contributed by atoms with Gasteiger partial charge in [-0.1, -0.05) is 56.2 Å². The first-order valence-electron chi connectivity index (χ1n) is 9.08. The van der Waals surface area contributed by atoms with Crippen LogP contribution in [0, 0.1) is 5.92 Å². The molecule has 0 N–H and O–H groups in total.